The van der Waals surface area contributed by atoms with Crippen LogP contribution in [-0.4, -0.2) is 26.0 Å². The molecule has 2 rings (SSSR count). The van der Waals surface area contributed by atoms with Crippen LogP contribution in [0.15, 0.2) is 54.6 Å². The molecule has 0 fully saturated rings. The molecule has 0 radical (unpaired) electrons. The molecule has 0 unspecified atom stereocenters. The number of nitrogens with zero attached hydrogens (tertiary/aromatic N) is 1. The Balaban J connectivity index is 2.17. The van der Waals surface area contributed by atoms with Gasteiger partial charge in [-0.3, -0.25) is 0 Å². The zero-order valence-corrected chi connectivity index (χ0v) is 13.7. The van der Waals surface area contributed by atoms with Crippen molar-refractivity contribution in [2.24, 2.45) is 0 Å². The zero-order valence-electron chi connectivity index (χ0n) is 13.7. The normalized spacial score (nSPS) is 11.0. The van der Waals surface area contributed by atoms with Crippen LogP contribution < -0.4 is 4.90 Å². The standard InChI is InChI=1S/C19H24FNO2/c1-3-22-19(23-4-2)15-21(14-16-8-6-5-7-9-16)18-12-10-17(20)11-13-18/h5-13,19H,3-4,14-15H2,1-2H3. The van der Waals surface area contributed by atoms with Gasteiger partial charge in [0.25, 0.3) is 0 Å². The van der Waals surface area contributed by atoms with Crippen molar-refractivity contribution in [1.29, 1.82) is 0 Å². The zero-order chi connectivity index (χ0) is 16.5. The van der Waals surface area contributed by atoms with E-state index < -0.39 is 0 Å². The fourth-order valence-electron chi connectivity index (χ4n) is 2.42. The van der Waals surface area contributed by atoms with E-state index in [9.17, 15) is 4.39 Å². The first-order valence-corrected chi connectivity index (χ1v) is 8.00. The average Bonchev–Trinajstić information content (AvgIpc) is 2.56. The number of anilines is 1. The maximum absolute atomic E-state index is 13.2. The summed E-state index contributed by atoms with van der Waals surface area (Å²) in [7, 11) is 0. The van der Waals surface area contributed by atoms with Gasteiger partial charge in [-0.15, -0.1) is 0 Å². The number of hydrogen-bond acceptors (Lipinski definition) is 3. The molecule has 124 valence electrons. The fourth-order valence-corrected chi connectivity index (χ4v) is 2.42. The SMILES string of the molecule is CCOC(CN(Cc1ccccc1)c1ccc(F)cc1)OCC. The molecule has 0 aliphatic rings. The van der Waals surface area contributed by atoms with E-state index in [1.165, 1.54) is 17.7 Å². The van der Waals surface area contributed by atoms with E-state index in [1.807, 2.05) is 32.0 Å². The first-order chi connectivity index (χ1) is 11.2. The third-order valence-electron chi connectivity index (χ3n) is 3.48. The molecule has 3 nitrogen and oxygen atoms in total. The Morgan fingerprint density at radius 2 is 1.52 bits per heavy atom. The number of hydrogen-bond donors (Lipinski definition) is 0. The lowest BCUT2D eigenvalue weighted by Gasteiger charge is -2.29. The largest absolute Gasteiger partial charge is 0.362 e. The summed E-state index contributed by atoms with van der Waals surface area (Å²) in [6.45, 7) is 6.38. The van der Waals surface area contributed by atoms with Crippen LogP contribution in [-0.2, 0) is 16.0 Å². The van der Waals surface area contributed by atoms with E-state index in [0.717, 1.165) is 5.69 Å². The molecule has 2 aromatic rings. The van der Waals surface area contributed by atoms with Crippen molar-refractivity contribution in [1.82, 2.24) is 0 Å². The van der Waals surface area contributed by atoms with Crippen molar-refractivity contribution in [2.45, 2.75) is 26.7 Å². The van der Waals surface area contributed by atoms with E-state index in [4.69, 9.17) is 9.47 Å². The summed E-state index contributed by atoms with van der Waals surface area (Å²) in [5.41, 5.74) is 2.13. The summed E-state index contributed by atoms with van der Waals surface area (Å²) in [6.07, 6.45) is -0.307. The van der Waals surface area contributed by atoms with Gasteiger partial charge in [0.05, 0.1) is 6.54 Å². The predicted molar refractivity (Wildman–Crippen MR) is 90.9 cm³/mol. The van der Waals surface area contributed by atoms with Gasteiger partial charge in [0.1, 0.15) is 5.82 Å². The monoisotopic (exact) mass is 317 g/mol. The summed E-state index contributed by atoms with van der Waals surface area (Å²) in [5, 5.41) is 0. The number of ether oxygens (including phenoxy) is 2. The molecule has 0 saturated heterocycles. The van der Waals surface area contributed by atoms with Gasteiger partial charge < -0.3 is 14.4 Å². The van der Waals surface area contributed by atoms with E-state index in [-0.39, 0.29) is 12.1 Å². The highest BCUT2D eigenvalue weighted by atomic mass is 19.1. The van der Waals surface area contributed by atoms with Crippen LogP contribution in [0.1, 0.15) is 19.4 Å². The molecular weight excluding hydrogens is 293 g/mol. The second kappa shape index (κ2) is 9.28. The topological polar surface area (TPSA) is 21.7 Å². The second-order valence-electron chi connectivity index (χ2n) is 5.18. The lowest BCUT2D eigenvalue weighted by atomic mass is 10.2. The molecule has 2 aromatic carbocycles. The lowest BCUT2D eigenvalue weighted by molar-refractivity contribution is -0.129. The molecule has 0 aliphatic heterocycles. The predicted octanol–water partition coefficient (Wildman–Crippen LogP) is 4.23. The summed E-state index contributed by atoms with van der Waals surface area (Å²) in [6, 6.07) is 16.7. The molecule has 4 heteroatoms. The van der Waals surface area contributed by atoms with Crippen LogP contribution in [0.2, 0.25) is 0 Å². The molecule has 0 saturated carbocycles. The molecule has 0 spiro atoms. The maximum atomic E-state index is 13.2. The molecule has 0 aromatic heterocycles. The third-order valence-corrected chi connectivity index (χ3v) is 3.48. The second-order valence-corrected chi connectivity index (χ2v) is 5.18. The van der Waals surface area contributed by atoms with Crippen molar-refractivity contribution in [2.75, 3.05) is 24.7 Å². The highest BCUT2D eigenvalue weighted by molar-refractivity contribution is 5.47. The fraction of sp³-hybridized carbons (Fsp3) is 0.368. The molecular formula is C19H24FNO2. The van der Waals surface area contributed by atoms with Crippen LogP contribution in [0.3, 0.4) is 0 Å². The molecule has 0 aliphatic carbocycles. The Morgan fingerprint density at radius 3 is 2.09 bits per heavy atom. The minimum Gasteiger partial charge on any atom is -0.362 e. The van der Waals surface area contributed by atoms with Crippen molar-refractivity contribution >= 4 is 5.69 Å². The van der Waals surface area contributed by atoms with E-state index in [0.29, 0.717) is 26.3 Å². The third kappa shape index (κ3) is 5.66. The number of halogens is 1. The summed E-state index contributed by atoms with van der Waals surface area (Å²) >= 11 is 0. The molecule has 0 heterocycles. The van der Waals surface area contributed by atoms with Gasteiger partial charge in [0, 0.05) is 25.4 Å². The Hall–Kier alpha value is -1.91. The summed E-state index contributed by atoms with van der Waals surface area (Å²) in [5.74, 6) is -0.237. The van der Waals surface area contributed by atoms with Gasteiger partial charge in [0.15, 0.2) is 6.29 Å². The van der Waals surface area contributed by atoms with Gasteiger partial charge in [-0.2, -0.15) is 0 Å². The quantitative estimate of drug-likeness (QED) is 0.646. The Labute approximate surface area is 137 Å². The first-order valence-electron chi connectivity index (χ1n) is 8.00. The smallest absolute Gasteiger partial charge is 0.174 e. The lowest BCUT2D eigenvalue weighted by Crippen LogP contribution is -2.35. The van der Waals surface area contributed by atoms with Gasteiger partial charge in [-0.05, 0) is 43.7 Å². The van der Waals surface area contributed by atoms with E-state index >= 15 is 0 Å². The van der Waals surface area contributed by atoms with Crippen LogP contribution in [0.5, 0.6) is 0 Å². The van der Waals surface area contributed by atoms with Gasteiger partial charge >= 0.3 is 0 Å². The summed E-state index contributed by atoms with van der Waals surface area (Å²) in [4.78, 5) is 2.14. The Bertz CT molecular complexity index is 553. The molecule has 0 bridgehead atoms. The van der Waals surface area contributed by atoms with Gasteiger partial charge in [0.2, 0.25) is 0 Å². The van der Waals surface area contributed by atoms with Crippen molar-refractivity contribution in [3.63, 3.8) is 0 Å². The minimum atomic E-state index is -0.307. The molecule has 0 atom stereocenters. The highest BCUT2D eigenvalue weighted by Crippen LogP contribution is 2.19. The van der Waals surface area contributed by atoms with Crippen molar-refractivity contribution in [3.05, 3.63) is 66.0 Å². The van der Waals surface area contributed by atoms with E-state index in [1.54, 1.807) is 12.1 Å². The highest BCUT2D eigenvalue weighted by Gasteiger charge is 2.16. The molecule has 0 amide bonds. The first kappa shape index (κ1) is 17.4. The molecule has 23 heavy (non-hydrogen) atoms. The van der Waals surface area contributed by atoms with Crippen molar-refractivity contribution < 1.29 is 13.9 Å². The number of rotatable bonds is 9. The summed E-state index contributed by atoms with van der Waals surface area (Å²) < 4.78 is 24.5. The number of benzene rings is 2. The van der Waals surface area contributed by atoms with Crippen molar-refractivity contribution in [3.8, 4) is 0 Å². The Kier molecular flexibility index (Phi) is 7.04. The average molecular weight is 317 g/mol. The van der Waals surface area contributed by atoms with Crippen LogP contribution >= 0.6 is 0 Å². The van der Waals surface area contributed by atoms with E-state index in [2.05, 4.69) is 17.0 Å². The maximum Gasteiger partial charge on any atom is 0.174 e. The van der Waals surface area contributed by atoms with Crippen LogP contribution in [0.25, 0.3) is 0 Å². The van der Waals surface area contributed by atoms with Crippen LogP contribution in [0.4, 0.5) is 10.1 Å². The minimum absolute atomic E-state index is 0.237. The molecule has 0 N–H and O–H groups in total. The van der Waals surface area contributed by atoms with Gasteiger partial charge in [-0.1, -0.05) is 30.3 Å². The van der Waals surface area contributed by atoms with Gasteiger partial charge in [-0.25, -0.2) is 4.39 Å². The van der Waals surface area contributed by atoms with Crippen LogP contribution in [0, 0.1) is 5.82 Å². The Morgan fingerprint density at radius 1 is 0.913 bits per heavy atom.